The Morgan fingerprint density at radius 1 is 0.920 bits per heavy atom. The molecule has 0 N–H and O–H groups in total. The summed E-state index contributed by atoms with van der Waals surface area (Å²) in [6.07, 6.45) is 12.0. The van der Waals surface area contributed by atoms with Crippen molar-refractivity contribution in [2.75, 3.05) is 0 Å². The van der Waals surface area contributed by atoms with E-state index in [9.17, 15) is 0 Å². The number of hydrogen-bond donors (Lipinski definition) is 0. The molecule has 0 amide bonds. The van der Waals surface area contributed by atoms with Crippen LogP contribution in [0, 0.1) is 11.3 Å². The highest BCUT2D eigenvalue weighted by Crippen LogP contribution is 2.52. The molecule has 0 bridgehead atoms. The van der Waals surface area contributed by atoms with Gasteiger partial charge in [-0.25, -0.2) is 0 Å². The Bertz CT molecular complexity index is 819. The van der Waals surface area contributed by atoms with E-state index < -0.39 is 0 Å². The van der Waals surface area contributed by atoms with Crippen molar-refractivity contribution in [2.45, 2.75) is 32.6 Å². The molecule has 0 aromatic heterocycles. The van der Waals surface area contributed by atoms with Gasteiger partial charge in [0, 0.05) is 5.92 Å². The molecule has 4 rings (SSSR count). The Hall–Kier alpha value is -2.34. The van der Waals surface area contributed by atoms with E-state index in [2.05, 4.69) is 98.8 Å². The number of benzene rings is 2. The lowest BCUT2D eigenvalue weighted by Crippen LogP contribution is -2.11. The maximum absolute atomic E-state index is 2.45. The van der Waals surface area contributed by atoms with Gasteiger partial charge in [-0.15, -0.1) is 0 Å². The number of fused-ring (bicyclic) bond motifs is 1. The fourth-order valence-corrected chi connectivity index (χ4v) is 4.46. The highest BCUT2D eigenvalue weighted by molar-refractivity contribution is 5.61. The van der Waals surface area contributed by atoms with E-state index in [1.54, 1.807) is 5.57 Å². The molecule has 0 unspecified atom stereocenters. The monoisotopic (exact) mass is 326 g/mol. The molecule has 2 aromatic rings. The predicted octanol–water partition coefficient (Wildman–Crippen LogP) is 6.79. The highest BCUT2D eigenvalue weighted by atomic mass is 14.4. The zero-order valence-corrected chi connectivity index (χ0v) is 15.2. The molecule has 0 heterocycles. The summed E-state index contributed by atoms with van der Waals surface area (Å²) >= 11 is 0. The van der Waals surface area contributed by atoms with Crippen molar-refractivity contribution < 1.29 is 0 Å². The van der Waals surface area contributed by atoms with Gasteiger partial charge in [0.1, 0.15) is 0 Å². The van der Waals surface area contributed by atoms with Crippen molar-refractivity contribution in [1.29, 1.82) is 0 Å². The third kappa shape index (κ3) is 3.54. The second-order valence-corrected chi connectivity index (χ2v) is 8.22. The minimum Gasteiger partial charge on any atom is -0.0758 e. The fourth-order valence-electron chi connectivity index (χ4n) is 4.46. The SMILES string of the molecule is CC1(C)CC2=C/C(=C\c3ccccc3)C=C[C@H](c3ccccc3)[C@H]2C1. The average Bonchev–Trinajstić information content (AvgIpc) is 2.81. The minimum atomic E-state index is 0.395. The largest absolute Gasteiger partial charge is 0.0758 e. The molecule has 0 spiro atoms. The Balaban J connectivity index is 1.76. The summed E-state index contributed by atoms with van der Waals surface area (Å²) in [7, 11) is 0. The van der Waals surface area contributed by atoms with E-state index >= 15 is 0 Å². The van der Waals surface area contributed by atoms with Gasteiger partial charge in [0.05, 0.1) is 0 Å². The summed E-state index contributed by atoms with van der Waals surface area (Å²) < 4.78 is 0. The molecule has 2 aromatic carbocycles. The fraction of sp³-hybridized carbons (Fsp3) is 0.280. The lowest BCUT2D eigenvalue weighted by molar-refractivity contribution is 0.352. The van der Waals surface area contributed by atoms with Gasteiger partial charge in [-0.2, -0.15) is 0 Å². The molecule has 2 atom stereocenters. The first-order valence-electron chi connectivity index (χ1n) is 9.31. The Labute approximate surface area is 151 Å². The molecule has 0 heteroatoms. The molecule has 25 heavy (non-hydrogen) atoms. The summed E-state index contributed by atoms with van der Waals surface area (Å²) in [5, 5.41) is 0. The summed E-state index contributed by atoms with van der Waals surface area (Å²) in [5.41, 5.74) is 6.04. The molecule has 1 fully saturated rings. The molecule has 0 nitrogen and oxygen atoms in total. The summed E-state index contributed by atoms with van der Waals surface area (Å²) in [5.74, 6) is 1.10. The summed E-state index contributed by atoms with van der Waals surface area (Å²) in [6.45, 7) is 4.82. The first kappa shape index (κ1) is 16.1. The van der Waals surface area contributed by atoms with Crippen molar-refractivity contribution in [3.8, 4) is 0 Å². The molecule has 2 aliphatic carbocycles. The van der Waals surface area contributed by atoms with Crippen LogP contribution in [0.15, 0.2) is 90.0 Å². The quantitative estimate of drug-likeness (QED) is 0.570. The van der Waals surface area contributed by atoms with Crippen LogP contribution in [0.3, 0.4) is 0 Å². The van der Waals surface area contributed by atoms with E-state index in [4.69, 9.17) is 0 Å². The molecule has 0 saturated heterocycles. The molecular formula is C25H26. The zero-order chi connectivity index (χ0) is 17.3. The van der Waals surface area contributed by atoms with E-state index in [1.807, 2.05) is 0 Å². The van der Waals surface area contributed by atoms with Crippen LogP contribution in [0.4, 0.5) is 0 Å². The van der Waals surface area contributed by atoms with E-state index in [0.29, 0.717) is 17.3 Å². The third-order valence-electron chi connectivity index (χ3n) is 5.53. The van der Waals surface area contributed by atoms with Crippen LogP contribution in [-0.4, -0.2) is 0 Å². The maximum Gasteiger partial charge on any atom is 0.00871 e. The van der Waals surface area contributed by atoms with Gasteiger partial charge in [0.2, 0.25) is 0 Å². The van der Waals surface area contributed by atoms with Crippen molar-refractivity contribution in [3.05, 3.63) is 101 Å². The molecule has 126 valence electrons. The van der Waals surface area contributed by atoms with Crippen LogP contribution in [0.25, 0.3) is 6.08 Å². The topological polar surface area (TPSA) is 0 Å². The predicted molar refractivity (Wildman–Crippen MR) is 107 cm³/mol. The smallest absolute Gasteiger partial charge is 0.00871 e. The third-order valence-corrected chi connectivity index (χ3v) is 5.53. The Morgan fingerprint density at radius 3 is 2.32 bits per heavy atom. The van der Waals surface area contributed by atoms with Gasteiger partial charge in [0.15, 0.2) is 0 Å². The van der Waals surface area contributed by atoms with Crippen LogP contribution in [-0.2, 0) is 0 Å². The van der Waals surface area contributed by atoms with Crippen LogP contribution >= 0.6 is 0 Å². The van der Waals surface area contributed by atoms with Gasteiger partial charge in [0.25, 0.3) is 0 Å². The normalized spacial score (nSPS) is 26.2. The highest BCUT2D eigenvalue weighted by Gasteiger charge is 2.39. The maximum atomic E-state index is 2.45. The van der Waals surface area contributed by atoms with Gasteiger partial charge in [-0.3, -0.25) is 0 Å². The number of rotatable bonds is 2. The zero-order valence-electron chi connectivity index (χ0n) is 15.2. The average molecular weight is 326 g/mol. The van der Waals surface area contributed by atoms with Crippen molar-refractivity contribution >= 4 is 6.08 Å². The molecule has 1 saturated carbocycles. The summed E-state index contributed by atoms with van der Waals surface area (Å²) in [4.78, 5) is 0. The van der Waals surface area contributed by atoms with Crippen LogP contribution in [0.2, 0.25) is 0 Å². The van der Waals surface area contributed by atoms with Gasteiger partial charge in [-0.05, 0) is 47.0 Å². The lowest BCUT2D eigenvalue weighted by atomic mass is 9.81. The van der Waals surface area contributed by atoms with Crippen molar-refractivity contribution in [1.82, 2.24) is 0 Å². The molecule has 0 aliphatic heterocycles. The number of hydrogen-bond acceptors (Lipinski definition) is 0. The Kier molecular flexibility index (Phi) is 4.21. The van der Waals surface area contributed by atoms with Crippen LogP contribution < -0.4 is 0 Å². The first-order valence-corrected chi connectivity index (χ1v) is 9.31. The Morgan fingerprint density at radius 2 is 1.60 bits per heavy atom. The molecule has 0 radical (unpaired) electrons. The molecular weight excluding hydrogens is 300 g/mol. The second-order valence-electron chi connectivity index (χ2n) is 8.22. The first-order chi connectivity index (χ1) is 12.1. The van der Waals surface area contributed by atoms with Gasteiger partial charge >= 0.3 is 0 Å². The second kappa shape index (κ2) is 6.52. The standard InChI is InChI=1S/C25H26/c1-25(2)17-22-16-20(15-19-9-5-3-6-10-19)13-14-23(24(22)18-25)21-11-7-4-8-12-21/h3-16,23-24H,17-18H2,1-2H3/b20-15-/t23-,24+/m1/s1. The van der Waals surface area contributed by atoms with Crippen LogP contribution in [0.5, 0.6) is 0 Å². The van der Waals surface area contributed by atoms with E-state index in [-0.39, 0.29) is 0 Å². The van der Waals surface area contributed by atoms with E-state index in [1.165, 1.54) is 29.5 Å². The minimum absolute atomic E-state index is 0.395. The van der Waals surface area contributed by atoms with Crippen LogP contribution in [0.1, 0.15) is 43.7 Å². The summed E-state index contributed by atoms with van der Waals surface area (Å²) in [6, 6.07) is 21.6. The number of allylic oxidation sites excluding steroid dienone is 5. The van der Waals surface area contributed by atoms with Crippen molar-refractivity contribution in [3.63, 3.8) is 0 Å². The molecule has 2 aliphatic rings. The van der Waals surface area contributed by atoms with E-state index in [0.717, 1.165) is 0 Å². The van der Waals surface area contributed by atoms with Gasteiger partial charge in [-0.1, -0.05) is 98.3 Å². The van der Waals surface area contributed by atoms with Gasteiger partial charge < -0.3 is 0 Å². The van der Waals surface area contributed by atoms with Crippen molar-refractivity contribution in [2.24, 2.45) is 11.3 Å². The lowest BCUT2D eigenvalue weighted by Gasteiger charge is -2.23.